The molecule has 1 amide bonds. The molecule has 0 fully saturated rings. The maximum atomic E-state index is 12.9. The molecule has 0 spiro atoms. The van der Waals surface area contributed by atoms with E-state index < -0.39 is 11.8 Å². The second-order valence-electron chi connectivity index (χ2n) is 4.81. The Morgan fingerprint density at radius 1 is 1.43 bits per heavy atom. The zero-order chi connectivity index (χ0) is 15.8. The number of rotatable bonds is 6. The summed E-state index contributed by atoms with van der Waals surface area (Å²) in [6.07, 6.45) is 2.58. The Balaban J connectivity index is 2.41. The second kappa shape index (κ2) is 8.42. The van der Waals surface area contributed by atoms with Crippen molar-refractivity contribution in [3.05, 3.63) is 40.7 Å². The van der Waals surface area contributed by atoms with Gasteiger partial charge in [0.05, 0.1) is 5.02 Å². The molecule has 1 N–H and O–H groups in total. The normalized spacial score (nSPS) is 10.9. The lowest BCUT2D eigenvalue weighted by Gasteiger charge is -2.07. The molecule has 0 saturated heterocycles. The van der Waals surface area contributed by atoms with E-state index >= 15 is 0 Å². The summed E-state index contributed by atoms with van der Waals surface area (Å²) < 4.78 is 17.7. The van der Waals surface area contributed by atoms with Gasteiger partial charge in [-0.2, -0.15) is 0 Å². The third-order valence-corrected chi connectivity index (χ3v) is 2.70. The lowest BCUT2D eigenvalue weighted by Crippen LogP contribution is -2.31. The summed E-state index contributed by atoms with van der Waals surface area (Å²) in [4.78, 5) is 22.8. The quantitative estimate of drug-likeness (QED) is 0.649. The molecular weight excluding hydrogens is 297 g/mol. The number of carbonyl (C=O) groups is 2. The fourth-order valence-electron chi connectivity index (χ4n) is 1.33. The van der Waals surface area contributed by atoms with Crippen LogP contribution in [-0.2, 0) is 14.3 Å². The van der Waals surface area contributed by atoms with Gasteiger partial charge in [0.1, 0.15) is 5.82 Å². The maximum absolute atomic E-state index is 12.9. The van der Waals surface area contributed by atoms with Gasteiger partial charge in [0, 0.05) is 12.6 Å². The predicted molar refractivity (Wildman–Crippen MR) is 79.3 cm³/mol. The van der Waals surface area contributed by atoms with Crippen molar-refractivity contribution >= 4 is 29.6 Å². The van der Waals surface area contributed by atoms with E-state index in [0.29, 0.717) is 18.0 Å². The monoisotopic (exact) mass is 313 g/mol. The highest BCUT2D eigenvalue weighted by Crippen LogP contribution is 2.16. The molecule has 0 bridgehead atoms. The molecule has 0 aromatic heterocycles. The molecule has 0 radical (unpaired) electrons. The van der Waals surface area contributed by atoms with Crippen LogP contribution in [0.4, 0.5) is 4.39 Å². The molecule has 0 atom stereocenters. The van der Waals surface area contributed by atoms with Crippen LogP contribution >= 0.6 is 11.6 Å². The van der Waals surface area contributed by atoms with E-state index in [2.05, 4.69) is 5.32 Å². The number of esters is 1. The molecule has 0 aliphatic rings. The number of halogens is 2. The topological polar surface area (TPSA) is 55.4 Å². The zero-order valence-corrected chi connectivity index (χ0v) is 12.6. The van der Waals surface area contributed by atoms with Crippen LogP contribution in [0.5, 0.6) is 0 Å². The minimum atomic E-state index is -0.657. The Morgan fingerprint density at radius 3 is 2.76 bits per heavy atom. The molecule has 1 aromatic carbocycles. The zero-order valence-electron chi connectivity index (χ0n) is 11.9. The number of amides is 1. The summed E-state index contributed by atoms with van der Waals surface area (Å²) in [5.41, 5.74) is 0.558. The summed E-state index contributed by atoms with van der Waals surface area (Å²) in [7, 11) is 0. The van der Waals surface area contributed by atoms with Crippen molar-refractivity contribution in [3.63, 3.8) is 0 Å². The van der Waals surface area contributed by atoms with E-state index in [4.69, 9.17) is 16.3 Å². The number of hydrogen-bond donors (Lipinski definition) is 1. The largest absolute Gasteiger partial charge is 0.452 e. The highest BCUT2D eigenvalue weighted by atomic mass is 35.5. The number of carbonyl (C=O) groups excluding carboxylic acids is 2. The molecule has 21 heavy (non-hydrogen) atoms. The van der Waals surface area contributed by atoms with Crippen molar-refractivity contribution in [2.24, 2.45) is 5.92 Å². The summed E-state index contributed by atoms with van der Waals surface area (Å²) in [5.74, 6) is -1.21. The smallest absolute Gasteiger partial charge is 0.331 e. The van der Waals surface area contributed by atoms with Crippen LogP contribution in [0, 0.1) is 11.7 Å². The average molecular weight is 314 g/mol. The molecule has 0 aliphatic heterocycles. The van der Waals surface area contributed by atoms with Crippen molar-refractivity contribution in [3.8, 4) is 0 Å². The Morgan fingerprint density at radius 2 is 2.14 bits per heavy atom. The maximum Gasteiger partial charge on any atom is 0.331 e. The molecule has 6 heteroatoms. The van der Waals surface area contributed by atoms with Gasteiger partial charge >= 0.3 is 5.97 Å². The van der Waals surface area contributed by atoms with Crippen molar-refractivity contribution in [1.82, 2.24) is 5.32 Å². The molecule has 0 heterocycles. The van der Waals surface area contributed by atoms with E-state index in [1.807, 2.05) is 13.8 Å². The molecule has 4 nitrogen and oxygen atoms in total. The molecule has 0 saturated carbocycles. The minimum absolute atomic E-state index is 0.0291. The van der Waals surface area contributed by atoms with Crippen LogP contribution in [-0.4, -0.2) is 25.0 Å². The molecule has 114 valence electrons. The Bertz CT molecular complexity index is 544. The fourth-order valence-corrected chi connectivity index (χ4v) is 1.52. The van der Waals surface area contributed by atoms with E-state index in [1.54, 1.807) is 0 Å². The molecular formula is C15H17ClFNO3. The van der Waals surface area contributed by atoms with Crippen molar-refractivity contribution in [1.29, 1.82) is 0 Å². The van der Waals surface area contributed by atoms with Gasteiger partial charge in [-0.05, 0) is 29.7 Å². The van der Waals surface area contributed by atoms with Crippen LogP contribution in [0.15, 0.2) is 24.3 Å². The van der Waals surface area contributed by atoms with Gasteiger partial charge in [-0.15, -0.1) is 0 Å². The van der Waals surface area contributed by atoms with E-state index in [9.17, 15) is 14.0 Å². The van der Waals surface area contributed by atoms with E-state index in [-0.39, 0.29) is 17.5 Å². The van der Waals surface area contributed by atoms with Crippen LogP contribution in [0.1, 0.15) is 19.4 Å². The first kappa shape index (κ1) is 17.2. The molecule has 0 aliphatic carbocycles. The van der Waals surface area contributed by atoms with Crippen LogP contribution in [0.25, 0.3) is 6.08 Å². The third kappa shape index (κ3) is 6.90. The molecule has 0 unspecified atom stereocenters. The minimum Gasteiger partial charge on any atom is -0.452 e. The summed E-state index contributed by atoms with van der Waals surface area (Å²) in [6, 6.07) is 4.06. The summed E-state index contributed by atoms with van der Waals surface area (Å²) in [6.45, 7) is 4.12. The second-order valence-corrected chi connectivity index (χ2v) is 5.22. The molecule has 1 aromatic rings. The SMILES string of the molecule is CC(C)CNC(=O)COC(=O)/C=C/c1ccc(F)c(Cl)c1. The summed E-state index contributed by atoms with van der Waals surface area (Å²) in [5, 5.41) is 2.60. The third-order valence-electron chi connectivity index (χ3n) is 2.41. The van der Waals surface area contributed by atoms with Crippen LogP contribution < -0.4 is 5.32 Å². The van der Waals surface area contributed by atoms with Gasteiger partial charge in [-0.3, -0.25) is 4.79 Å². The van der Waals surface area contributed by atoms with Gasteiger partial charge in [-0.1, -0.05) is 31.5 Å². The molecule has 1 rings (SSSR count). The van der Waals surface area contributed by atoms with Gasteiger partial charge in [-0.25, -0.2) is 9.18 Å². The van der Waals surface area contributed by atoms with Gasteiger partial charge in [0.2, 0.25) is 0 Å². The lowest BCUT2D eigenvalue weighted by molar-refractivity contribution is -0.143. The summed E-state index contributed by atoms with van der Waals surface area (Å²) >= 11 is 5.61. The van der Waals surface area contributed by atoms with Crippen LogP contribution in [0.3, 0.4) is 0 Å². The fraction of sp³-hybridized carbons (Fsp3) is 0.333. The Labute approximate surface area is 127 Å². The van der Waals surface area contributed by atoms with E-state index in [0.717, 1.165) is 6.08 Å². The van der Waals surface area contributed by atoms with Crippen molar-refractivity contribution in [2.45, 2.75) is 13.8 Å². The Kier molecular flexibility index (Phi) is 6.88. The number of hydrogen-bond acceptors (Lipinski definition) is 3. The average Bonchev–Trinajstić information content (AvgIpc) is 2.44. The standard InChI is InChI=1S/C15H17ClFNO3/c1-10(2)8-18-14(19)9-21-15(20)6-4-11-3-5-13(17)12(16)7-11/h3-7,10H,8-9H2,1-2H3,(H,18,19)/b6-4+. The number of ether oxygens (including phenoxy) is 1. The van der Waals surface area contributed by atoms with Gasteiger partial charge in [0.25, 0.3) is 5.91 Å². The highest BCUT2D eigenvalue weighted by molar-refractivity contribution is 6.30. The predicted octanol–water partition coefficient (Wildman–Crippen LogP) is 2.81. The van der Waals surface area contributed by atoms with Crippen LogP contribution in [0.2, 0.25) is 5.02 Å². The van der Waals surface area contributed by atoms with Crippen molar-refractivity contribution in [2.75, 3.05) is 13.2 Å². The Hall–Kier alpha value is -1.88. The van der Waals surface area contributed by atoms with Crippen molar-refractivity contribution < 1.29 is 18.7 Å². The first-order chi connectivity index (χ1) is 9.88. The highest BCUT2D eigenvalue weighted by Gasteiger charge is 2.05. The lowest BCUT2D eigenvalue weighted by atomic mass is 10.2. The van der Waals surface area contributed by atoms with E-state index in [1.165, 1.54) is 24.3 Å². The first-order valence-corrected chi connectivity index (χ1v) is 6.83. The number of benzene rings is 1. The first-order valence-electron chi connectivity index (χ1n) is 6.45. The van der Waals surface area contributed by atoms with Gasteiger partial charge in [0.15, 0.2) is 6.61 Å². The number of nitrogens with one attached hydrogen (secondary N) is 1. The van der Waals surface area contributed by atoms with Gasteiger partial charge < -0.3 is 10.1 Å².